The number of aryl methyl sites for hydroxylation is 1. The van der Waals surface area contributed by atoms with E-state index < -0.39 is 18.4 Å². The van der Waals surface area contributed by atoms with Crippen LogP contribution in [0.15, 0.2) is 42.5 Å². The molecule has 0 N–H and O–H groups in total. The van der Waals surface area contributed by atoms with Crippen LogP contribution >= 0.6 is 22.7 Å². The zero-order chi connectivity index (χ0) is 15.5. The van der Waals surface area contributed by atoms with Crippen LogP contribution in [0.25, 0.3) is 26.1 Å². The van der Waals surface area contributed by atoms with Gasteiger partial charge in [0.15, 0.2) is 0 Å². The second kappa shape index (κ2) is 5.11. The van der Waals surface area contributed by atoms with Crippen molar-refractivity contribution < 1.29 is 0 Å². The van der Waals surface area contributed by atoms with Crippen LogP contribution in [-0.4, -0.2) is 22.9 Å². The summed E-state index contributed by atoms with van der Waals surface area (Å²) in [6.45, 7) is 2.21. The maximum atomic E-state index is 2.50. The first-order valence-electron chi connectivity index (χ1n) is 7.55. The van der Waals surface area contributed by atoms with Crippen molar-refractivity contribution in [2.45, 2.75) is 21.7 Å². The first-order valence-corrected chi connectivity index (χ1v) is 19.2. The summed E-state index contributed by atoms with van der Waals surface area (Å²) >= 11 is 1.95. The minimum absolute atomic E-state index is 1.27. The van der Waals surface area contributed by atoms with E-state index in [-0.39, 0.29) is 0 Å². The molecule has 0 fully saturated rings. The molecule has 0 amide bonds. The third kappa shape index (κ3) is 2.25. The Labute approximate surface area is 143 Å². The van der Waals surface area contributed by atoms with E-state index in [1.165, 1.54) is 31.0 Å². The van der Waals surface area contributed by atoms with E-state index in [0.29, 0.717) is 0 Å². The van der Waals surface area contributed by atoms with Gasteiger partial charge in [-0.25, -0.2) is 0 Å². The first kappa shape index (κ1) is 14.8. The van der Waals surface area contributed by atoms with E-state index in [2.05, 4.69) is 68.8 Å². The van der Waals surface area contributed by atoms with Crippen LogP contribution in [0.1, 0.15) is 4.88 Å². The van der Waals surface area contributed by atoms with Crippen LogP contribution in [0.3, 0.4) is 0 Å². The van der Waals surface area contributed by atoms with Crippen molar-refractivity contribution in [2.24, 2.45) is 0 Å². The summed E-state index contributed by atoms with van der Waals surface area (Å²) in [4.78, 5) is 8.90. The Morgan fingerprint density at radius 1 is 0.864 bits per heavy atom. The number of thiophene rings is 2. The summed E-state index contributed by atoms with van der Waals surface area (Å²) in [5.74, 6) is 0. The second-order valence-corrected chi connectivity index (χ2v) is 24.5. The van der Waals surface area contributed by atoms with Gasteiger partial charge in [-0.15, -0.1) is 0 Å². The number of hydrogen-bond acceptors (Lipinski definition) is 2. The van der Waals surface area contributed by atoms with Gasteiger partial charge in [0.05, 0.1) is 0 Å². The Kier molecular flexibility index (Phi) is 3.44. The van der Waals surface area contributed by atoms with Gasteiger partial charge in [-0.05, 0) is 0 Å². The third-order valence-corrected chi connectivity index (χ3v) is 15.7. The average Bonchev–Trinajstić information content (AvgIpc) is 3.09. The standard InChI is InChI=1S/C15H10NS2.3CH3.Sn/c1-10-9-13-15(18-10)14-12(7-8-17-14)16(13)11-5-3-2-4-6-11;;;;/h2-7,9H,1H3;3*1H3;. The van der Waals surface area contributed by atoms with Crippen molar-refractivity contribution >= 4 is 64.4 Å². The molecule has 1 aromatic carbocycles. The van der Waals surface area contributed by atoms with Crippen molar-refractivity contribution in [3.05, 3.63) is 47.3 Å². The minimum atomic E-state index is -2.03. The molecule has 3 heterocycles. The molecule has 112 valence electrons. The van der Waals surface area contributed by atoms with E-state index in [1.807, 2.05) is 22.7 Å². The monoisotopic (exact) mass is 433 g/mol. The van der Waals surface area contributed by atoms with Crippen LogP contribution in [-0.2, 0) is 0 Å². The summed E-state index contributed by atoms with van der Waals surface area (Å²) in [6.07, 6.45) is 0. The molecule has 4 aromatic rings. The van der Waals surface area contributed by atoms with Gasteiger partial charge in [-0.1, -0.05) is 0 Å². The van der Waals surface area contributed by atoms with E-state index in [4.69, 9.17) is 0 Å². The zero-order valence-corrected chi connectivity index (χ0v) is 17.8. The Morgan fingerprint density at radius 3 is 2.18 bits per heavy atom. The van der Waals surface area contributed by atoms with Gasteiger partial charge < -0.3 is 0 Å². The van der Waals surface area contributed by atoms with Crippen molar-refractivity contribution in [1.29, 1.82) is 0 Å². The molecule has 0 aliphatic carbocycles. The van der Waals surface area contributed by atoms with Crippen molar-refractivity contribution in [2.75, 3.05) is 0 Å². The van der Waals surface area contributed by atoms with Gasteiger partial charge in [-0.3, -0.25) is 0 Å². The number of nitrogens with zero attached hydrogens (tertiary/aromatic N) is 1. The maximum absolute atomic E-state index is 2.50. The van der Waals surface area contributed by atoms with Crippen LogP contribution in [0.5, 0.6) is 0 Å². The van der Waals surface area contributed by atoms with Gasteiger partial charge in [0, 0.05) is 0 Å². The van der Waals surface area contributed by atoms with E-state index in [9.17, 15) is 0 Å². The molecule has 0 bridgehead atoms. The molecule has 0 saturated heterocycles. The molecule has 0 atom stereocenters. The predicted molar refractivity (Wildman–Crippen MR) is 104 cm³/mol. The van der Waals surface area contributed by atoms with Gasteiger partial charge in [0.2, 0.25) is 0 Å². The average molecular weight is 432 g/mol. The van der Waals surface area contributed by atoms with E-state index >= 15 is 0 Å². The van der Waals surface area contributed by atoms with E-state index in [0.717, 1.165) is 0 Å². The Balaban J connectivity index is 2.12. The molecule has 1 nitrogen and oxygen atoms in total. The fourth-order valence-electron chi connectivity index (χ4n) is 2.89. The summed E-state index contributed by atoms with van der Waals surface area (Å²) < 4.78 is 7.06. The van der Waals surface area contributed by atoms with Gasteiger partial charge in [0.1, 0.15) is 0 Å². The van der Waals surface area contributed by atoms with Gasteiger partial charge in [0.25, 0.3) is 0 Å². The molecule has 4 rings (SSSR count). The molecular weight excluding hydrogens is 413 g/mol. The number of aromatic nitrogens is 1. The molecule has 3 aromatic heterocycles. The molecular formula is C18H19NS2Sn. The van der Waals surface area contributed by atoms with Crippen LogP contribution < -0.4 is 2.89 Å². The Bertz CT molecular complexity index is 967. The normalized spacial score (nSPS) is 12.5. The number of benzene rings is 1. The molecule has 4 heteroatoms. The van der Waals surface area contributed by atoms with Gasteiger partial charge >= 0.3 is 144 Å². The third-order valence-electron chi connectivity index (χ3n) is 3.99. The van der Waals surface area contributed by atoms with Crippen LogP contribution in [0.4, 0.5) is 0 Å². The second-order valence-electron chi connectivity index (χ2n) is 6.82. The fraction of sp³-hybridized carbons (Fsp3) is 0.222. The zero-order valence-electron chi connectivity index (χ0n) is 13.3. The topological polar surface area (TPSA) is 4.93 Å². The van der Waals surface area contributed by atoms with Gasteiger partial charge in [-0.2, -0.15) is 0 Å². The summed E-state index contributed by atoms with van der Waals surface area (Å²) in [5, 5.41) is 0. The molecule has 0 saturated carbocycles. The molecule has 0 radical (unpaired) electrons. The molecule has 0 unspecified atom stereocenters. The number of para-hydroxylation sites is 1. The number of rotatable bonds is 2. The molecule has 0 aliphatic heterocycles. The summed E-state index contributed by atoms with van der Waals surface area (Å²) in [7, 11) is 0. The molecule has 22 heavy (non-hydrogen) atoms. The molecule has 0 aliphatic rings. The SMILES string of the molecule is Cc1cc2c(s1)c1s[c]([Sn]([CH3])([CH3])[CH3])cc1n2-c1ccccc1. The first-order chi connectivity index (χ1) is 10.4. The van der Waals surface area contributed by atoms with Crippen LogP contribution in [0, 0.1) is 6.92 Å². The Hall–Kier alpha value is -0.781. The fourth-order valence-corrected chi connectivity index (χ4v) is 10.4. The molecule has 0 spiro atoms. The predicted octanol–water partition coefficient (Wildman–Crippen LogP) is 5.76. The quantitative estimate of drug-likeness (QED) is 0.355. The summed E-state index contributed by atoms with van der Waals surface area (Å²) in [6, 6.07) is 15.6. The Morgan fingerprint density at radius 2 is 1.50 bits per heavy atom. The number of fused-ring (bicyclic) bond motifs is 3. The summed E-state index contributed by atoms with van der Waals surface area (Å²) in [5.41, 5.74) is 4.04. The van der Waals surface area contributed by atoms with Crippen molar-refractivity contribution in [3.8, 4) is 5.69 Å². The number of hydrogen-bond donors (Lipinski definition) is 0. The van der Waals surface area contributed by atoms with E-state index in [1.54, 1.807) is 2.89 Å². The van der Waals surface area contributed by atoms with Crippen molar-refractivity contribution in [3.63, 3.8) is 0 Å². The van der Waals surface area contributed by atoms with Crippen LogP contribution in [0.2, 0.25) is 14.8 Å². The van der Waals surface area contributed by atoms with Crippen molar-refractivity contribution in [1.82, 2.24) is 4.57 Å².